The minimum Gasteiger partial charge on any atom is -0.391 e. The molecule has 0 aliphatic heterocycles. The monoisotopic (exact) mass is 288 g/mol. The van der Waals surface area contributed by atoms with E-state index in [0.29, 0.717) is 11.4 Å². The number of thiophene rings is 1. The lowest BCUT2D eigenvalue weighted by molar-refractivity contribution is 0.285. The second-order valence-electron chi connectivity index (χ2n) is 3.44. The number of sulfonamides is 1. The zero-order valence-corrected chi connectivity index (χ0v) is 11.0. The number of hydrogen-bond acceptors (Lipinski definition) is 6. The molecule has 0 aliphatic rings. The number of aliphatic hydroxyl groups excluding tert-OH is 1. The van der Waals surface area contributed by atoms with Crippen molar-refractivity contribution >= 4 is 21.4 Å². The maximum Gasteiger partial charge on any atom is 0.250 e. The quantitative estimate of drug-likeness (QED) is 0.768. The van der Waals surface area contributed by atoms with Crippen molar-refractivity contribution in [1.82, 2.24) is 19.7 Å². The van der Waals surface area contributed by atoms with E-state index >= 15 is 0 Å². The van der Waals surface area contributed by atoms with E-state index in [1.165, 1.54) is 16.9 Å². The van der Waals surface area contributed by atoms with Gasteiger partial charge in [-0.05, 0) is 12.1 Å². The molecule has 0 aromatic carbocycles. The first kappa shape index (κ1) is 13.1. The van der Waals surface area contributed by atoms with Crippen LogP contribution in [0.3, 0.4) is 0 Å². The van der Waals surface area contributed by atoms with Crippen LogP contribution in [-0.4, -0.2) is 35.1 Å². The van der Waals surface area contributed by atoms with Gasteiger partial charge in [-0.15, -0.1) is 16.4 Å². The van der Waals surface area contributed by atoms with Gasteiger partial charge in [-0.2, -0.15) is 0 Å². The minimum atomic E-state index is -3.51. The van der Waals surface area contributed by atoms with Gasteiger partial charge in [-0.25, -0.2) is 13.1 Å². The lowest BCUT2D eigenvalue weighted by Gasteiger charge is -2.04. The van der Waals surface area contributed by atoms with Crippen molar-refractivity contribution in [3.63, 3.8) is 0 Å². The zero-order chi connectivity index (χ0) is 13.0. The number of aromatic nitrogens is 3. The Kier molecular flexibility index (Phi) is 4.07. The van der Waals surface area contributed by atoms with Crippen LogP contribution in [-0.2, 0) is 23.2 Å². The third kappa shape index (κ3) is 3.13. The zero-order valence-electron chi connectivity index (χ0n) is 9.35. The van der Waals surface area contributed by atoms with Gasteiger partial charge in [0.25, 0.3) is 0 Å². The molecule has 9 heteroatoms. The Morgan fingerprint density at radius 1 is 1.44 bits per heavy atom. The van der Waals surface area contributed by atoms with Crippen molar-refractivity contribution in [2.75, 3.05) is 6.54 Å². The summed E-state index contributed by atoms with van der Waals surface area (Å²) in [4.78, 5) is 0.617. The Bertz CT molecular complexity index is 591. The van der Waals surface area contributed by atoms with Crippen LogP contribution in [0.25, 0.3) is 0 Å². The van der Waals surface area contributed by atoms with Crippen molar-refractivity contribution in [2.45, 2.75) is 17.4 Å². The second-order valence-corrected chi connectivity index (χ2v) is 6.60. The summed E-state index contributed by atoms with van der Waals surface area (Å²) in [5.41, 5.74) is 0. The fraction of sp³-hybridized carbons (Fsp3) is 0.333. The normalized spacial score (nSPS) is 11.8. The fourth-order valence-electron chi connectivity index (χ4n) is 1.31. The van der Waals surface area contributed by atoms with Crippen LogP contribution >= 0.6 is 11.3 Å². The van der Waals surface area contributed by atoms with Gasteiger partial charge < -0.3 is 5.11 Å². The molecule has 0 fully saturated rings. The highest BCUT2D eigenvalue weighted by Crippen LogP contribution is 2.21. The molecular formula is C9H12N4O3S2. The maximum atomic E-state index is 11.9. The van der Waals surface area contributed by atoms with E-state index in [9.17, 15) is 8.42 Å². The molecule has 0 radical (unpaired) electrons. The molecule has 2 heterocycles. The smallest absolute Gasteiger partial charge is 0.250 e. The predicted octanol–water partition coefficient (Wildman–Crippen LogP) is -0.190. The van der Waals surface area contributed by atoms with Gasteiger partial charge in [0.2, 0.25) is 10.0 Å². The van der Waals surface area contributed by atoms with Crippen molar-refractivity contribution in [2.24, 2.45) is 0 Å². The van der Waals surface area contributed by atoms with Gasteiger partial charge in [0.15, 0.2) is 0 Å². The van der Waals surface area contributed by atoms with Crippen LogP contribution in [0.15, 0.2) is 28.7 Å². The molecule has 18 heavy (non-hydrogen) atoms. The van der Waals surface area contributed by atoms with Crippen molar-refractivity contribution in [3.8, 4) is 0 Å². The van der Waals surface area contributed by atoms with Gasteiger partial charge in [0, 0.05) is 17.6 Å². The van der Waals surface area contributed by atoms with E-state index < -0.39 is 10.0 Å². The van der Waals surface area contributed by atoms with Gasteiger partial charge in [0.05, 0.1) is 19.3 Å². The molecule has 0 aliphatic carbocycles. The summed E-state index contributed by atoms with van der Waals surface area (Å²) in [6, 6.07) is 3.07. The largest absolute Gasteiger partial charge is 0.391 e. The summed E-state index contributed by atoms with van der Waals surface area (Å²) in [6.45, 7) is 0.495. The molecule has 2 N–H and O–H groups in total. The summed E-state index contributed by atoms with van der Waals surface area (Å²) >= 11 is 1.05. The summed E-state index contributed by atoms with van der Waals surface area (Å²) in [5, 5.41) is 16.2. The first-order valence-electron chi connectivity index (χ1n) is 5.15. The van der Waals surface area contributed by atoms with Crippen molar-refractivity contribution in [3.05, 3.63) is 29.4 Å². The first-order chi connectivity index (χ1) is 8.62. The number of nitrogens with one attached hydrogen (secondary N) is 1. The SMILES string of the molecule is O=S(=O)(NCCn1ccnn1)c1ccc(CO)s1. The lowest BCUT2D eigenvalue weighted by Crippen LogP contribution is -2.27. The highest BCUT2D eigenvalue weighted by atomic mass is 32.2. The van der Waals surface area contributed by atoms with Crippen LogP contribution in [0.4, 0.5) is 0 Å². The number of rotatable bonds is 6. The Morgan fingerprint density at radius 2 is 2.28 bits per heavy atom. The molecule has 0 unspecified atom stereocenters. The highest BCUT2D eigenvalue weighted by Gasteiger charge is 2.15. The van der Waals surface area contributed by atoms with Crippen LogP contribution in [0, 0.1) is 0 Å². The maximum absolute atomic E-state index is 11.9. The Balaban J connectivity index is 1.95. The average Bonchev–Trinajstić information content (AvgIpc) is 2.99. The van der Waals surface area contributed by atoms with Crippen molar-refractivity contribution < 1.29 is 13.5 Å². The topological polar surface area (TPSA) is 97.1 Å². The average molecular weight is 288 g/mol. The van der Waals surface area contributed by atoms with Crippen LogP contribution in [0.5, 0.6) is 0 Å². The molecule has 0 atom stereocenters. The van der Waals surface area contributed by atoms with Crippen LogP contribution in [0.2, 0.25) is 0 Å². The van der Waals surface area contributed by atoms with E-state index in [4.69, 9.17) is 5.11 Å². The van der Waals surface area contributed by atoms with Gasteiger partial charge in [0.1, 0.15) is 4.21 Å². The Labute approximate surface area is 108 Å². The molecule has 0 spiro atoms. The number of aliphatic hydroxyl groups is 1. The van der Waals surface area contributed by atoms with E-state index in [1.54, 1.807) is 12.3 Å². The molecule has 2 rings (SSSR count). The molecule has 0 amide bonds. The van der Waals surface area contributed by atoms with E-state index in [0.717, 1.165) is 11.3 Å². The van der Waals surface area contributed by atoms with Gasteiger partial charge in [-0.3, -0.25) is 4.68 Å². The van der Waals surface area contributed by atoms with Crippen molar-refractivity contribution in [1.29, 1.82) is 0 Å². The van der Waals surface area contributed by atoms with E-state index in [2.05, 4.69) is 15.0 Å². The predicted molar refractivity (Wildman–Crippen MR) is 65.5 cm³/mol. The molecular weight excluding hydrogens is 276 g/mol. The Morgan fingerprint density at radius 3 is 2.89 bits per heavy atom. The molecule has 7 nitrogen and oxygen atoms in total. The molecule has 0 saturated carbocycles. The summed E-state index contributed by atoms with van der Waals surface area (Å²) in [6.07, 6.45) is 3.19. The number of nitrogens with zero attached hydrogens (tertiary/aromatic N) is 3. The molecule has 0 saturated heterocycles. The van der Waals surface area contributed by atoms with Gasteiger partial charge in [-0.1, -0.05) is 5.21 Å². The Hall–Kier alpha value is -1.29. The van der Waals surface area contributed by atoms with Crippen LogP contribution in [0.1, 0.15) is 4.88 Å². The summed E-state index contributed by atoms with van der Waals surface area (Å²) < 4.78 is 27.9. The third-order valence-corrected chi connectivity index (χ3v) is 5.19. The minimum absolute atomic E-state index is 0.154. The lowest BCUT2D eigenvalue weighted by atomic mass is 10.5. The number of hydrogen-bond donors (Lipinski definition) is 2. The van der Waals surface area contributed by atoms with E-state index in [-0.39, 0.29) is 17.4 Å². The molecule has 2 aromatic heterocycles. The van der Waals surface area contributed by atoms with Gasteiger partial charge >= 0.3 is 0 Å². The highest BCUT2D eigenvalue weighted by molar-refractivity contribution is 7.91. The standard InChI is InChI=1S/C9H12N4O3S2/c14-7-8-1-2-9(17-8)18(15,16)11-4-6-13-5-3-10-12-13/h1-3,5,11,14H,4,6-7H2. The third-order valence-electron chi connectivity index (χ3n) is 2.16. The summed E-state index contributed by atoms with van der Waals surface area (Å²) in [7, 11) is -3.51. The first-order valence-corrected chi connectivity index (χ1v) is 7.45. The molecule has 2 aromatic rings. The molecule has 98 valence electrons. The van der Waals surface area contributed by atoms with Crippen LogP contribution < -0.4 is 4.72 Å². The van der Waals surface area contributed by atoms with E-state index in [1.807, 2.05) is 0 Å². The second kappa shape index (κ2) is 5.57. The molecule has 0 bridgehead atoms. The summed E-state index contributed by atoms with van der Waals surface area (Å²) in [5.74, 6) is 0. The fourth-order valence-corrected chi connectivity index (χ4v) is 3.59.